The monoisotopic (exact) mass is 409 g/mol. The zero-order valence-electron chi connectivity index (χ0n) is 16.1. The maximum atomic E-state index is 12.7. The molecule has 0 aromatic heterocycles. The lowest BCUT2D eigenvalue weighted by molar-refractivity contribution is -0.127. The molecule has 30 heavy (non-hydrogen) atoms. The summed E-state index contributed by atoms with van der Waals surface area (Å²) in [5.74, 6) is 0.451. The van der Waals surface area contributed by atoms with E-state index in [2.05, 4.69) is 10.6 Å². The number of hydrogen-bond donors (Lipinski definition) is 2. The predicted octanol–water partition coefficient (Wildman–Crippen LogP) is 2.35. The van der Waals surface area contributed by atoms with Crippen molar-refractivity contribution >= 4 is 29.6 Å². The van der Waals surface area contributed by atoms with Gasteiger partial charge in [-0.05, 0) is 31.2 Å². The fourth-order valence-electron chi connectivity index (χ4n) is 3.07. The summed E-state index contributed by atoms with van der Waals surface area (Å²) in [4.78, 5) is 38.1. The fourth-order valence-corrected chi connectivity index (χ4v) is 3.07. The van der Waals surface area contributed by atoms with E-state index in [9.17, 15) is 14.4 Å². The molecule has 0 bridgehead atoms. The van der Waals surface area contributed by atoms with Gasteiger partial charge in [0.2, 0.25) is 12.7 Å². The van der Waals surface area contributed by atoms with Crippen LogP contribution in [0, 0.1) is 0 Å². The quantitative estimate of drug-likeness (QED) is 0.560. The van der Waals surface area contributed by atoms with Crippen molar-refractivity contribution in [1.29, 1.82) is 0 Å². The molecule has 0 radical (unpaired) electrons. The van der Waals surface area contributed by atoms with E-state index in [1.807, 2.05) is 13.0 Å². The number of urea groups is 1. The highest BCUT2D eigenvalue weighted by atomic mass is 16.7. The number of ether oxygens (including phenoxy) is 3. The van der Waals surface area contributed by atoms with E-state index in [0.717, 1.165) is 4.90 Å². The third-order valence-electron chi connectivity index (χ3n) is 4.43. The van der Waals surface area contributed by atoms with Gasteiger partial charge in [0, 0.05) is 17.3 Å². The van der Waals surface area contributed by atoms with Gasteiger partial charge in [-0.2, -0.15) is 0 Å². The Hall–Kier alpha value is -4.01. The average Bonchev–Trinajstić information content (AvgIpc) is 3.28. The number of imide groups is 1. The van der Waals surface area contributed by atoms with Crippen molar-refractivity contribution < 1.29 is 28.6 Å². The molecule has 2 heterocycles. The number of nitrogens with zero attached hydrogens (tertiary/aromatic N) is 1. The minimum absolute atomic E-state index is 0.0346. The third kappa shape index (κ3) is 3.90. The van der Waals surface area contributed by atoms with E-state index in [4.69, 9.17) is 14.2 Å². The summed E-state index contributed by atoms with van der Waals surface area (Å²) in [5, 5.41) is 5.15. The minimum atomic E-state index is -0.673. The van der Waals surface area contributed by atoms with Crippen LogP contribution in [0.5, 0.6) is 17.2 Å². The van der Waals surface area contributed by atoms with Crippen molar-refractivity contribution in [2.24, 2.45) is 0 Å². The zero-order valence-corrected chi connectivity index (χ0v) is 16.1. The van der Waals surface area contributed by atoms with E-state index in [1.165, 1.54) is 6.08 Å². The van der Waals surface area contributed by atoms with Crippen molar-refractivity contribution in [3.05, 3.63) is 53.7 Å². The summed E-state index contributed by atoms with van der Waals surface area (Å²) in [6.07, 6.45) is 1.49. The largest absolute Gasteiger partial charge is 0.493 e. The van der Waals surface area contributed by atoms with E-state index in [0.29, 0.717) is 35.1 Å². The van der Waals surface area contributed by atoms with E-state index in [1.54, 1.807) is 36.4 Å². The van der Waals surface area contributed by atoms with Gasteiger partial charge in [0.05, 0.1) is 6.61 Å². The van der Waals surface area contributed by atoms with Gasteiger partial charge in [-0.1, -0.05) is 18.2 Å². The summed E-state index contributed by atoms with van der Waals surface area (Å²) < 4.78 is 16.3. The molecule has 2 aliphatic heterocycles. The smallest absolute Gasteiger partial charge is 0.329 e. The first-order chi connectivity index (χ1) is 14.5. The molecule has 0 spiro atoms. The summed E-state index contributed by atoms with van der Waals surface area (Å²) in [5.41, 5.74) is 1.15. The number of rotatable bonds is 6. The molecular formula is C21H19N3O6. The molecule has 4 rings (SSSR count). The van der Waals surface area contributed by atoms with Crippen LogP contribution in [0.1, 0.15) is 12.5 Å². The van der Waals surface area contributed by atoms with Gasteiger partial charge in [0.15, 0.2) is 11.5 Å². The second-order valence-corrected chi connectivity index (χ2v) is 6.47. The molecule has 0 saturated carbocycles. The Morgan fingerprint density at radius 3 is 2.67 bits per heavy atom. The molecule has 2 aromatic rings. The molecule has 154 valence electrons. The maximum absolute atomic E-state index is 12.7. The van der Waals surface area contributed by atoms with Crippen LogP contribution in [-0.2, 0) is 9.59 Å². The number of para-hydroxylation sites is 1. The van der Waals surface area contributed by atoms with Crippen molar-refractivity contribution in [1.82, 2.24) is 10.2 Å². The maximum Gasteiger partial charge on any atom is 0.329 e. The molecule has 0 atom stereocenters. The highest BCUT2D eigenvalue weighted by Gasteiger charge is 2.35. The molecule has 1 fully saturated rings. The molecule has 0 aliphatic carbocycles. The minimum Gasteiger partial charge on any atom is -0.493 e. The molecule has 1 saturated heterocycles. The number of anilines is 1. The van der Waals surface area contributed by atoms with Gasteiger partial charge >= 0.3 is 6.03 Å². The number of fused-ring (bicyclic) bond motifs is 1. The first kappa shape index (κ1) is 19.3. The molecule has 4 amide bonds. The topological polar surface area (TPSA) is 106 Å². The highest BCUT2D eigenvalue weighted by Crippen LogP contribution is 2.39. The number of carbonyl (C=O) groups excluding carboxylic acids is 3. The van der Waals surface area contributed by atoms with E-state index < -0.39 is 24.4 Å². The Kier molecular flexibility index (Phi) is 5.25. The van der Waals surface area contributed by atoms with E-state index >= 15 is 0 Å². The van der Waals surface area contributed by atoms with Crippen LogP contribution in [0.3, 0.4) is 0 Å². The Bertz CT molecular complexity index is 1030. The van der Waals surface area contributed by atoms with Gasteiger partial charge in [0.1, 0.15) is 18.0 Å². The molecular weight excluding hydrogens is 390 g/mol. The van der Waals surface area contributed by atoms with Gasteiger partial charge in [-0.15, -0.1) is 0 Å². The summed E-state index contributed by atoms with van der Waals surface area (Å²) in [7, 11) is 0. The van der Waals surface area contributed by atoms with Crippen molar-refractivity contribution in [3.8, 4) is 17.2 Å². The Morgan fingerprint density at radius 2 is 1.93 bits per heavy atom. The molecule has 9 nitrogen and oxygen atoms in total. The first-order valence-electron chi connectivity index (χ1n) is 9.31. The standard InChI is InChI=1S/C21H19N3O6/c1-2-28-16-10-18-17(29-12-30-18)9-13(16)8-15-20(26)24(21(27)23-15)11-19(25)22-14-6-4-3-5-7-14/h3-10H,2,11-12H2,1H3,(H,22,25)(H,23,27)/b15-8-. The third-order valence-corrected chi connectivity index (χ3v) is 4.43. The summed E-state index contributed by atoms with van der Waals surface area (Å²) in [6, 6.07) is 11.4. The van der Waals surface area contributed by atoms with E-state index in [-0.39, 0.29) is 12.5 Å². The molecule has 2 aliphatic rings. The van der Waals surface area contributed by atoms with Crippen LogP contribution in [0.15, 0.2) is 48.2 Å². The van der Waals surface area contributed by atoms with Crippen LogP contribution in [0.25, 0.3) is 6.08 Å². The lowest BCUT2D eigenvalue weighted by Gasteiger charge is -2.12. The Morgan fingerprint density at radius 1 is 1.20 bits per heavy atom. The van der Waals surface area contributed by atoms with Crippen LogP contribution in [0.4, 0.5) is 10.5 Å². The first-order valence-corrected chi connectivity index (χ1v) is 9.31. The van der Waals surface area contributed by atoms with Crippen molar-refractivity contribution in [2.45, 2.75) is 6.92 Å². The number of benzene rings is 2. The van der Waals surface area contributed by atoms with Crippen LogP contribution < -0.4 is 24.8 Å². The SMILES string of the molecule is CCOc1cc2c(cc1/C=C1\NC(=O)N(CC(=O)Nc3ccccc3)C1=O)OCO2. The molecule has 2 aromatic carbocycles. The second kappa shape index (κ2) is 8.16. The number of hydrogen-bond acceptors (Lipinski definition) is 6. The Labute approximate surface area is 172 Å². The van der Waals surface area contributed by atoms with Gasteiger partial charge in [0.25, 0.3) is 5.91 Å². The molecule has 0 unspecified atom stereocenters. The normalized spacial score (nSPS) is 16.0. The lowest BCUT2D eigenvalue weighted by Crippen LogP contribution is -2.38. The fraction of sp³-hybridized carbons (Fsp3) is 0.190. The summed E-state index contributed by atoms with van der Waals surface area (Å²) >= 11 is 0. The molecule has 2 N–H and O–H groups in total. The van der Waals surface area contributed by atoms with Crippen molar-refractivity contribution in [2.75, 3.05) is 25.3 Å². The van der Waals surface area contributed by atoms with Crippen LogP contribution >= 0.6 is 0 Å². The van der Waals surface area contributed by atoms with Gasteiger partial charge in [-0.3, -0.25) is 9.59 Å². The predicted molar refractivity (Wildman–Crippen MR) is 107 cm³/mol. The van der Waals surface area contributed by atoms with Crippen molar-refractivity contribution in [3.63, 3.8) is 0 Å². The highest BCUT2D eigenvalue weighted by molar-refractivity contribution is 6.16. The van der Waals surface area contributed by atoms with Crippen LogP contribution in [-0.4, -0.2) is 42.7 Å². The zero-order chi connectivity index (χ0) is 21.1. The lowest BCUT2D eigenvalue weighted by atomic mass is 10.1. The van der Waals surface area contributed by atoms with Gasteiger partial charge < -0.3 is 24.8 Å². The second-order valence-electron chi connectivity index (χ2n) is 6.47. The average molecular weight is 409 g/mol. The molecule has 9 heteroatoms. The summed E-state index contributed by atoms with van der Waals surface area (Å²) in [6.45, 7) is 1.93. The van der Waals surface area contributed by atoms with Crippen LogP contribution in [0.2, 0.25) is 0 Å². The van der Waals surface area contributed by atoms with Gasteiger partial charge in [-0.25, -0.2) is 9.69 Å². The Balaban J connectivity index is 1.52. The number of nitrogens with one attached hydrogen (secondary N) is 2. The number of carbonyl (C=O) groups is 3. The number of amides is 4.